The molecule has 0 spiro atoms. The SMILES string of the molecule is CCCc1cccc(C)c1NC(=O)Nc1nc2ccc(C(=O)Nc3c(C)cc(C)cc3C)cc2s1. The van der Waals surface area contributed by atoms with Crippen LogP contribution in [0.5, 0.6) is 0 Å². The third-order valence-corrected chi connectivity index (χ3v) is 6.84. The second-order valence-corrected chi connectivity index (χ2v) is 9.90. The highest BCUT2D eigenvalue weighted by atomic mass is 32.1. The second kappa shape index (κ2) is 10.3. The van der Waals surface area contributed by atoms with Gasteiger partial charge in [-0.2, -0.15) is 0 Å². The van der Waals surface area contributed by atoms with Crippen molar-refractivity contribution in [1.29, 1.82) is 0 Å². The lowest BCUT2D eigenvalue weighted by atomic mass is 10.0. The zero-order chi connectivity index (χ0) is 25.1. The highest BCUT2D eigenvalue weighted by Crippen LogP contribution is 2.29. The van der Waals surface area contributed by atoms with Crippen LogP contribution in [0, 0.1) is 27.7 Å². The van der Waals surface area contributed by atoms with Crippen molar-refractivity contribution >= 4 is 50.0 Å². The monoisotopic (exact) mass is 486 g/mol. The van der Waals surface area contributed by atoms with Gasteiger partial charge in [-0.25, -0.2) is 9.78 Å². The van der Waals surface area contributed by atoms with Crippen LogP contribution in [-0.4, -0.2) is 16.9 Å². The summed E-state index contributed by atoms with van der Waals surface area (Å²) < 4.78 is 0.827. The Labute approximate surface area is 209 Å². The Kier molecular flexibility index (Phi) is 7.17. The molecule has 0 aliphatic rings. The van der Waals surface area contributed by atoms with E-state index in [0.29, 0.717) is 10.7 Å². The highest BCUT2D eigenvalue weighted by Gasteiger charge is 2.15. The molecule has 3 N–H and O–H groups in total. The standard InChI is InChI=1S/C28H30N4O2S/c1-6-8-20-10-7-9-17(3)25(20)31-27(34)32-28-29-22-12-11-21(15-23(22)35-28)26(33)30-24-18(4)13-16(2)14-19(24)5/h7,9-15H,6,8H2,1-5H3,(H,30,33)(H2,29,31,32,34). The van der Waals surface area contributed by atoms with Gasteiger partial charge in [-0.3, -0.25) is 10.1 Å². The minimum absolute atomic E-state index is 0.175. The third-order valence-electron chi connectivity index (χ3n) is 5.90. The fourth-order valence-electron chi connectivity index (χ4n) is 4.31. The molecule has 3 amide bonds. The molecule has 1 heterocycles. The van der Waals surface area contributed by atoms with Gasteiger partial charge in [0.1, 0.15) is 0 Å². The zero-order valence-electron chi connectivity index (χ0n) is 20.7. The Morgan fingerprint density at radius 1 is 0.857 bits per heavy atom. The van der Waals surface area contributed by atoms with Crippen LogP contribution < -0.4 is 16.0 Å². The number of amides is 3. The summed E-state index contributed by atoms with van der Waals surface area (Å²) in [4.78, 5) is 30.2. The fourth-order valence-corrected chi connectivity index (χ4v) is 5.21. The summed E-state index contributed by atoms with van der Waals surface area (Å²) in [5, 5.41) is 9.34. The lowest BCUT2D eigenvalue weighted by Crippen LogP contribution is -2.20. The lowest BCUT2D eigenvalue weighted by Gasteiger charge is -2.13. The third kappa shape index (κ3) is 5.52. The molecule has 0 radical (unpaired) electrons. The van der Waals surface area contributed by atoms with Gasteiger partial charge >= 0.3 is 6.03 Å². The highest BCUT2D eigenvalue weighted by molar-refractivity contribution is 7.22. The van der Waals surface area contributed by atoms with E-state index in [2.05, 4.69) is 40.0 Å². The number of benzene rings is 3. The molecule has 0 atom stereocenters. The van der Waals surface area contributed by atoms with Crippen molar-refractivity contribution in [1.82, 2.24) is 4.98 Å². The van der Waals surface area contributed by atoms with Crippen molar-refractivity contribution in [2.24, 2.45) is 0 Å². The number of nitrogens with zero attached hydrogens (tertiary/aromatic N) is 1. The maximum atomic E-state index is 12.9. The van der Waals surface area contributed by atoms with Gasteiger partial charge in [-0.05, 0) is 74.6 Å². The predicted octanol–water partition coefficient (Wildman–Crippen LogP) is 7.38. The van der Waals surface area contributed by atoms with Gasteiger partial charge in [-0.1, -0.05) is 60.6 Å². The molecule has 180 valence electrons. The summed E-state index contributed by atoms with van der Waals surface area (Å²) in [6.45, 7) is 10.1. The molecular weight excluding hydrogens is 456 g/mol. The topological polar surface area (TPSA) is 83.1 Å². The number of thiazole rings is 1. The quantitative estimate of drug-likeness (QED) is 0.266. The van der Waals surface area contributed by atoms with Crippen molar-refractivity contribution in [2.75, 3.05) is 16.0 Å². The van der Waals surface area contributed by atoms with Gasteiger partial charge < -0.3 is 10.6 Å². The van der Waals surface area contributed by atoms with Crippen molar-refractivity contribution in [3.8, 4) is 0 Å². The molecule has 0 aliphatic heterocycles. The van der Waals surface area contributed by atoms with Crippen LogP contribution in [0.2, 0.25) is 0 Å². The van der Waals surface area contributed by atoms with Gasteiger partial charge in [0.05, 0.1) is 10.2 Å². The first-order valence-electron chi connectivity index (χ1n) is 11.7. The summed E-state index contributed by atoms with van der Waals surface area (Å²) in [5.41, 5.74) is 8.30. The van der Waals surface area contributed by atoms with E-state index in [4.69, 9.17) is 0 Å². The van der Waals surface area contributed by atoms with E-state index in [0.717, 1.165) is 62.3 Å². The van der Waals surface area contributed by atoms with E-state index in [1.165, 1.54) is 11.3 Å². The van der Waals surface area contributed by atoms with Crippen LogP contribution in [0.1, 0.15) is 51.5 Å². The van der Waals surface area contributed by atoms with Gasteiger partial charge in [0, 0.05) is 16.9 Å². The maximum Gasteiger partial charge on any atom is 0.325 e. The minimum atomic E-state index is -0.334. The van der Waals surface area contributed by atoms with Gasteiger partial charge in [0.2, 0.25) is 0 Å². The fraction of sp³-hybridized carbons (Fsp3) is 0.250. The van der Waals surface area contributed by atoms with Gasteiger partial charge in [0.25, 0.3) is 5.91 Å². The average Bonchev–Trinajstić information content (AvgIpc) is 3.19. The van der Waals surface area contributed by atoms with Gasteiger partial charge in [-0.15, -0.1) is 0 Å². The lowest BCUT2D eigenvalue weighted by molar-refractivity contribution is 0.102. The van der Waals surface area contributed by atoms with E-state index in [9.17, 15) is 9.59 Å². The molecule has 0 saturated carbocycles. The van der Waals surface area contributed by atoms with Crippen LogP contribution in [0.4, 0.5) is 21.3 Å². The predicted molar refractivity (Wildman–Crippen MR) is 146 cm³/mol. The number of carbonyl (C=O) groups excluding carboxylic acids is 2. The number of aryl methyl sites for hydroxylation is 5. The van der Waals surface area contributed by atoms with E-state index in [1.54, 1.807) is 12.1 Å². The van der Waals surface area contributed by atoms with Crippen LogP contribution >= 0.6 is 11.3 Å². The summed E-state index contributed by atoms with van der Waals surface area (Å²) in [5.74, 6) is -0.175. The second-order valence-electron chi connectivity index (χ2n) is 8.87. The van der Waals surface area contributed by atoms with Crippen molar-refractivity contribution in [3.05, 3.63) is 81.9 Å². The van der Waals surface area contributed by atoms with Crippen LogP contribution in [0.25, 0.3) is 10.2 Å². The Hall–Kier alpha value is -3.71. The van der Waals surface area contributed by atoms with Gasteiger partial charge in [0.15, 0.2) is 5.13 Å². The van der Waals surface area contributed by atoms with E-state index in [-0.39, 0.29) is 11.9 Å². The first kappa shape index (κ1) is 24.4. The Bertz CT molecular complexity index is 1400. The molecule has 0 fully saturated rings. The number of fused-ring (bicyclic) bond motifs is 1. The number of para-hydroxylation sites is 1. The van der Waals surface area contributed by atoms with Crippen LogP contribution in [0.3, 0.4) is 0 Å². The molecule has 35 heavy (non-hydrogen) atoms. The normalized spacial score (nSPS) is 10.9. The zero-order valence-corrected chi connectivity index (χ0v) is 21.5. The Morgan fingerprint density at radius 3 is 2.31 bits per heavy atom. The first-order chi connectivity index (χ1) is 16.7. The Morgan fingerprint density at radius 2 is 1.60 bits per heavy atom. The smallest absolute Gasteiger partial charge is 0.322 e. The van der Waals surface area contributed by atoms with E-state index < -0.39 is 0 Å². The van der Waals surface area contributed by atoms with E-state index >= 15 is 0 Å². The van der Waals surface area contributed by atoms with Crippen molar-refractivity contribution < 1.29 is 9.59 Å². The molecule has 6 nitrogen and oxygen atoms in total. The summed E-state index contributed by atoms with van der Waals surface area (Å²) in [7, 11) is 0. The van der Waals surface area contributed by atoms with Crippen LogP contribution in [-0.2, 0) is 6.42 Å². The number of urea groups is 1. The number of anilines is 3. The largest absolute Gasteiger partial charge is 0.325 e. The number of aromatic nitrogens is 1. The maximum absolute atomic E-state index is 12.9. The number of hydrogen-bond acceptors (Lipinski definition) is 4. The summed E-state index contributed by atoms with van der Waals surface area (Å²) >= 11 is 1.34. The minimum Gasteiger partial charge on any atom is -0.322 e. The molecule has 0 aliphatic carbocycles. The number of rotatable bonds is 6. The van der Waals surface area contributed by atoms with E-state index in [1.807, 2.05) is 52.0 Å². The van der Waals surface area contributed by atoms with Crippen molar-refractivity contribution in [2.45, 2.75) is 47.5 Å². The molecule has 0 bridgehead atoms. The molecule has 3 aromatic carbocycles. The number of hydrogen-bond donors (Lipinski definition) is 3. The molecule has 0 unspecified atom stereocenters. The molecule has 7 heteroatoms. The van der Waals surface area contributed by atoms with Crippen LogP contribution in [0.15, 0.2) is 48.5 Å². The average molecular weight is 487 g/mol. The number of nitrogens with one attached hydrogen (secondary N) is 3. The molecule has 1 aromatic heterocycles. The molecular formula is C28H30N4O2S. The first-order valence-corrected chi connectivity index (χ1v) is 12.5. The van der Waals surface area contributed by atoms with Crippen molar-refractivity contribution in [3.63, 3.8) is 0 Å². The molecule has 0 saturated heterocycles. The Balaban J connectivity index is 1.50. The molecule has 4 rings (SSSR count). The molecule has 4 aromatic rings. The summed E-state index contributed by atoms with van der Waals surface area (Å²) in [6, 6.07) is 15.2. The summed E-state index contributed by atoms with van der Waals surface area (Å²) in [6.07, 6.45) is 1.89. The number of carbonyl (C=O) groups is 2.